The predicted octanol–water partition coefficient (Wildman–Crippen LogP) is 3.37. The number of anilines is 3. The molecule has 216 valence electrons. The number of hydrogen-bond donors (Lipinski definition) is 4. The van der Waals surface area contributed by atoms with E-state index in [0.717, 1.165) is 73.8 Å². The van der Waals surface area contributed by atoms with Crippen LogP contribution in [0.15, 0.2) is 48.8 Å². The number of rotatable bonds is 10. The number of pyridine rings is 1. The highest BCUT2D eigenvalue weighted by molar-refractivity contribution is 5.84. The number of nitrogens with one attached hydrogen (secondary N) is 3. The average Bonchev–Trinajstić information content (AvgIpc) is 3.02. The van der Waals surface area contributed by atoms with Crippen LogP contribution in [0.1, 0.15) is 54.5 Å². The monoisotopic (exact) mass is 558 g/mol. The number of piperidine rings is 1. The van der Waals surface area contributed by atoms with Gasteiger partial charge in [-0.1, -0.05) is 43.3 Å². The first kappa shape index (κ1) is 28.1. The second-order valence-electron chi connectivity index (χ2n) is 10.5. The molecule has 0 radical (unpaired) electrons. The number of nitrogens with zero attached hydrogens (tertiary/aromatic N) is 4. The molecule has 1 saturated heterocycles. The molecular weight excluding hydrogens is 520 g/mol. The molecule has 11 heteroatoms. The number of fused-ring (bicyclic) bond motifs is 1. The maximum Gasteiger partial charge on any atom is 0.408 e. The summed E-state index contributed by atoms with van der Waals surface area (Å²) in [6.07, 6.45) is 5.73. The van der Waals surface area contributed by atoms with Gasteiger partial charge in [-0.25, -0.2) is 19.7 Å². The normalized spacial score (nSPS) is 15.8. The molecule has 1 fully saturated rings. The first-order chi connectivity index (χ1) is 20.0. The maximum absolute atomic E-state index is 12.3. The highest BCUT2D eigenvalue weighted by Crippen LogP contribution is 2.33. The fourth-order valence-corrected chi connectivity index (χ4v) is 5.44. The van der Waals surface area contributed by atoms with Crippen molar-refractivity contribution in [3.63, 3.8) is 0 Å². The standard InChI is InChI=1S/C30H38N8O3/c1-2-23-28(33-17-25(26(31)39)37-30(40)41-18-20-7-4-3-5-8-20)34-19-35-29(23)38-15-12-21(13-16-38)24-11-10-22-9-6-14-32-27(22)36-24/h3-5,7-8,10-11,19,21,25H,2,6,9,12-18H2,1H3,(H2,31,39)(H,32,36)(H,37,40)(H,33,34,35). The van der Waals surface area contributed by atoms with E-state index in [2.05, 4.69) is 49.9 Å². The van der Waals surface area contributed by atoms with Crippen molar-refractivity contribution in [1.29, 1.82) is 0 Å². The van der Waals surface area contributed by atoms with E-state index < -0.39 is 18.0 Å². The van der Waals surface area contributed by atoms with Crippen molar-refractivity contribution < 1.29 is 14.3 Å². The van der Waals surface area contributed by atoms with Crippen molar-refractivity contribution in [2.24, 2.45) is 5.73 Å². The molecule has 11 nitrogen and oxygen atoms in total. The Balaban J connectivity index is 1.18. The molecule has 0 bridgehead atoms. The van der Waals surface area contributed by atoms with Gasteiger partial charge in [-0.2, -0.15) is 0 Å². The lowest BCUT2D eigenvalue weighted by atomic mass is 9.92. The summed E-state index contributed by atoms with van der Waals surface area (Å²) >= 11 is 0. The Morgan fingerprint density at radius 2 is 1.95 bits per heavy atom. The van der Waals surface area contributed by atoms with Crippen molar-refractivity contribution >= 4 is 29.5 Å². The molecule has 41 heavy (non-hydrogen) atoms. The molecule has 2 aliphatic heterocycles. The van der Waals surface area contributed by atoms with Crippen LogP contribution in [0.3, 0.4) is 0 Å². The molecule has 1 atom stereocenters. The highest BCUT2D eigenvalue weighted by Gasteiger charge is 2.26. The number of ether oxygens (including phenoxy) is 1. The van der Waals surface area contributed by atoms with Crippen LogP contribution in [0.2, 0.25) is 0 Å². The van der Waals surface area contributed by atoms with Crippen LogP contribution in [0.25, 0.3) is 0 Å². The topological polar surface area (TPSA) is 147 Å². The third-order valence-corrected chi connectivity index (χ3v) is 7.73. The van der Waals surface area contributed by atoms with Gasteiger partial charge in [-0.15, -0.1) is 0 Å². The molecule has 5 N–H and O–H groups in total. The maximum atomic E-state index is 12.3. The third-order valence-electron chi connectivity index (χ3n) is 7.73. The van der Waals surface area contributed by atoms with Crippen LogP contribution in [0.4, 0.5) is 22.2 Å². The number of amides is 2. The van der Waals surface area contributed by atoms with Crippen LogP contribution in [-0.4, -0.2) is 59.2 Å². The number of carbonyl (C=O) groups excluding carboxylic acids is 2. The molecule has 4 heterocycles. The van der Waals surface area contributed by atoms with Gasteiger partial charge in [-0.3, -0.25) is 4.79 Å². The summed E-state index contributed by atoms with van der Waals surface area (Å²) in [5, 5.41) is 9.19. The van der Waals surface area contributed by atoms with Gasteiger partial charge in [0.1, 0.15) is 36.4 Å². The van der Waals surface area contributed by atoms with E-state index in [1.807, 2.05) is 30.3 Å². The number of aromatic nitrogens is 3. The van der Waals surface area contributed by atoms with Crippen LogP contribution < -0.4 is 26.6 Å². The lowest BCUT2D eigenvalue weighted by molar-refractivity contribution is -0.119. The van der Waals surface area contributed by atoms with Crippen LogP contribution >= 0.6 is 0 Å². The van der Waals surface area contributed by atoms with Crippen molar-refractivity contribution in [2.45, 2.75) is 57.6 Å². The Morgan fingerprint density at radius 3 is 2.71 bits per heavy atom. The lowest BCUT2D eigenvalue weighted by Gasteiger charge is -2.34. The van der Waals surface area contributed by atoms with Gasteiger partial charge in [0.25, 0.3) is 0 Å². The summed E-state index contributed by atoms with van der Waals surface area (Å²) in [6, 6.07) is 12.8. The average molecular weight is 559 g/mol. The molecule has 1 aromatic carbocycles. The van der Waals surface area contributed by atoms with Gasteiger partial charge in [0.05, 0.1) is 0 Å². The Bertz CT molecular complexity index is 1340. The molecule has 5 rings (SSSR count). The van der Waals surface area contributed by atoms with Gasteiger partial charge in [0, 0.05) is 43.4 Å². The van der Waals surface area contributed by atoms with Gasteiger partial charge in [0.15, 0.2) is 0 Å². The largest absolute Gasteiger partial charge is 0.445 e. The Morgan fingerprint density at radius 1 is 1.15 bits per heavy atom. The van der Waals surface area contributed by atoms with Crippen LogP contribution in [0, 0.1) is 0 Å². The van der Waals surface area contributed by atoms with E-state index in [-0.39, 0.29) is 13.2 Å². The van der Waals surface area contributed by atoms with Gasteiger partial charge in [0.2, 0.25) is 5.91 Å². The number of carbonyl (C=O) groups is 2. The first-order valence-corrected chi connectivity index (χ1v) is 14.3. The minimum atomic E-state index is -0.976. The number of alkyl carbamates (subject to hydrolysis) is 1. The van der Waals surface area contributed by atoms with E-state index in [9.17, 15) is 9.59 Å². The summed E-state index contributed by atoms with van der Waals surface area (Å²) in [5.74, 6) is 2.29. The lowest BCUT2D eigenvalue weighted by Crippen LogP contribution is -2.48. The highest BCUT2D eigenvalue weighted by atomic mass is 16.5. The number of benzene rings is 1. The Labute approximate surface area is 240 Å². The van der Waals surface area contributed by atoms with Crippen molar-refractivity contribution in [1.82, 2.24) is 20.3 Å². The van der Waals surface area contributed by atoms with E-state index in [4.69, 9.17) is 15.5 Å². The summed E-state index contributed by atoms with van der Waals surface area (Å²) in [5.41, 5.74) is 9.84. The number of aryl methyl sites for hydroxylation is 1. The summed E-state index contributed by atoms with van der Waals surface area (Å²) in [7, 11) is 0. The second kappa shape index (κ2) is 13.3. The quantitative estimate of drug-likeness (QED) is 0.294. The smallest absolute Gasteiger partial charge is 0.408 e. The zero-order chi connectivity index (χ0) is 28.6. The van der Waals surface area contributed by atoms with Gasteiger partial charge < -0.3 is 31.3 Å². The summed E-state index contributed by atoms with van der Waals surface area (Å²) < 4.78 is 5.25. The molecule has 0 saturated carbocycles. The molecular formula is C30H38N8O3. The molecule has 1 unspecified atom stereocenters. The number of primary amides is 1. The number of hydrogen-bond acceptors (Lipinski definition) is 9. The van der Waals surface area contributed by atoms with Crippen molar-refractivity contribution in [3.8, 4) is 0 Å². The van der Waals surface area contributed by atoms with E-state index in [1.54, 1.807) is 0 Å². The van der Waals surface area contributed by atoms with E-state index in [1.165, 1.54) is 11.9 Å². The zero-order valence-corrected chi connectivity index (χ0v) is 23.4. The van der Waals surface area contributed by atoms with Gasteiger partial charge >= 0.3 is 6.09 Å². The predicted molar refractivity (Wildman–Crippen MR) is 158 cm³/mol. The van der Waals surface area contributed by atoms with Crippen molar-refractivity contribution in [2.75, 3.05) is 41.7 Å². The number of nitrogens with two attached hydrogens (primary N) is 1. The minimum Gasteiger partial charge on any atom is -0.445 e. The summed E-state index contributed by atoms with van der Waals surface area (Å²) in [4.78, 5) is 40.7. The third kappa shape index (κ3) is 7.03. The van der Waals surface area contributed by atoms with E-state index >= 15 is 0 Å². The molecule has 2 aliphatic rings. The minimum absolute atomic E-state index is 0.0688. The zero-order valence-electron chi connectivity index (χ0n) is 23.4. The van der Waals surface area contributed by atoms with Crippen molar-refractivity contribution in [3.05, 3.63) is 71.2 Å². The van der Waals surface area contributed by atoms with Crippen LogP contribution in [-0.2, 0) is 29.0 Å². The molecule has 2 amide bonds. The second-order valence-corrected chi connectivity index (χ2v) is 10.5. The SMILES string of the molecule is CCc1c(NCC(NC(=O)OCc2ccccc2)C(N)=O)ncnc1N1CCC(c2ccc3c(n2)NCCC3)CC1. The molecule has 3 aromatic rings. The van der Waals surface area contributed by atoms with E-state index in [0.29, 0.717) is 18.2 Å². The molecule has 0 spiro atoms. The first-order valence-electron chi connectivity index (χ1n) is 14.3. The fourth-order valence-electron chi connectivity index (χ4n) is 5.44. The Hall–Kier alpha value is -4.41. The molecule has 0 aliphatic carbocycles. The fraction of sp³-hybridized carbons (Fsp3) is 0.433. The Kier molecular flexibility index (Phi) is 9.12. The summed E-state index contributed by atoms with van der Waals surface area (Å²) in [6.45, 7) is 4.92. The van der Waals surface area contributed by atoms with Crippen LogP contribution in [0.5, 0.6) is 0 Å². The molecule has 2 aromatic heterocycles. The van der Waals surface area contributed by atoms with Gasteiger partial charge in [-0.05, 0) is 49.3 Å².